The van der Waals surface area contributed by atoms with E-state index in [9.17, 15) is 0 Å². The highest BCUT2D eigenvalue weighted by molar-refractivity contribution is 14.0. The highest BCUT2D eigenvalue weighted by atomic mass is 127. The molecule has 2 heterocycles. The molecule has 0 spiro atoms. The molecule has 0 radical (unpaired) electrons. The van der Waals surface area contributed by atoms with Crippen molar-refractivity contribution in [2.24, 2.45) is 4.99 Å². The molecule has 1 aromatic rings. The van der Waals surface area contributed by atoms with Crippen molar-refractivity contribution in [1.29, 1.82) is 0 Å². The van der Waals surface area contributed by atoms with Crippen LogP contribution in [-0.2, 0) is 11.3 Å². The second-order valence-corrected chi connectivity index (χ2v) is 7.38. The number of hydrogen-bond acceptors (Lipinski definition) is 4. The fourth-order valence-corrected chi connectivity index (χ4v) is 3.78. The maximum absolute atomic E-state index is 5.40. The maximum Gasteiger partial charge on any atom is 0.193 e. The molecule has 0 saturated carbocycles. The van der Waals surface area contributed by atoms with Crippen LogP contribution in [0.5, 0.6) is 0 Å². The normalized spacial score (nSPS) is 19.3. The number of rotatable bonds is 7. The first-order valence-electron chi connectivity index (χ1n) is 10.4. The summed E-state index contributed by atoms with van der Waals surface area (Å²) >= 11 is 0. The molecule has 2 fully saturated rings. The molecule has 0 amide bonds. The molecule has 3 rings (SSSR count). The summed E-state index contributed by atoms with van der Waals surface area (Å²) in [6.07, 6.45) is 2.42. The van der Waals surface area contributed by atoms with Crippen LogP contribution in [0.1, 0.15) is 18.4 Å². The van der Waals surface area contributed by atoms with E-state index in [0.717, 1.165) is 71.5 Å². The monoisotopic (exact) mass is 501 g/mol. The Labute approximate surface area is 187 Å². The Balaban J connectivity index is 0.00000280. The third-order valence-corrected chi connectivity index (χ3v) is 5.42. The predicted molar refractivity (Wildman–Crippen MR) is 127 cm³/mol. The van der Waals surface area contributed by atoms with Crippen LogP contribution in [0.15, 0.2) is 35.3 Å². The minimum Gasteiger partial charge on any atom is -0.379 e. The highest BCUT2D eigenvalue weighted by Gasteiger charge is 2.19. The summed E-state index contributed by atoms with van der Waals surface area (Å²) in [5.41, 5.74) is 1.40. The van der Waals surface area contributed by atoms with Crippen LogP contribution in [0.2, 0.25) is 0 Å². The van der Waals surface area contributed by atoms with E-state index in [1.165, 1.54) is 24.9 Å². The van der Waals surface area contributed by atoms with Crippen LogP contribution in [-0.4, -0.2) is 93.3 Å². The van der Waals surface area contributed by atoms with Gasteiger partial charge in [0.15, 0.2) is 5.96 Å². The van der Waals surface area contributed by atoms with Gasteiger partial charge in [-0.1, -0.05) is 30.3 Å². The number of hydrogen-bond donors (Lipinski definition) is 1. The number of ether oxygens (including phenoxy) is 1. The molecule has 6 nitrogen and oxygen atoms in total. The van der Waals surface area contributed by atoms with Gasteiger partial charge in [0.05, 0.1) is 13.2 Å². The Hall–Kier alpha value is -0.900. The second-order valence-electron chi connectivity index (χ2n) is 7.38. The summed E-state index contributed by atoms with van der Waals surface area (Å²) in [4.78, 5) is 11.9. The standard InChI is InChI=1S/C21H35N5O.HI/c1-22-21(23-9-5-6-10-24-15-17-27-18-16-24)26-13-11-25(12-14-26)19-20-7-3-2-4-8-20;/h2-4,7-8H,5-6,9-19H2,1H3,(H,22,23);1H. The summed E-state index contributed by atoms with van der Waals surface area (Å²) < 4.78 is 5.40. The fraction of sp³-hybridized carbons (Fsp3) is 0.667. The molecule has 1 aromatic carbocycles. The van der Waals surface area contributed by atoms with E-state index in [1.54, 1.807) is 0 Å². The average molecular weight is 501 g/mol. The van der Waals surface area contributed by atoms with Gasteiger partial charge in [0.2, 0.25) is 0 Å². The Morgan fingerprint density at radius 3 is 2.36 bits per heavy atom. The Bertz CT molecular complexity index is 557. The Morgan fingerprint density at radius 2 is 1.68 bits per heavy atom. The lowest BCUT2D eigenvalue weighted by atomic mass is 10.2. The zero-order valence-corrected chi connectivity index (χ0v) is 19.5. The Kier molecular flexibility index (Phi) is 11.1. The van der Waals surface area contributed by atoms with E-state index in [4.69, 9.17) is 4.74 Å². The van der Waals surface area contributed by atoms with E-state index in [2.05, 4.69) is 55.3 Å². The molecule has 0 aliphatic carbocycles. The number of unbranched alkanes of at least 4 members (excludes halogenated alkanes) is 1. The smallest absolute Gasteiger partial charge is 0.193 e. The molecule has 0 bridgehead atoms. The predicted octanol–water partition coefficient (Wildman–Crippen LogP) is 2.11. The molecule has 0 unspecified atom stereocenters. The van der Waals surface area contributed by atoms with Crippen LogP contribution in [0, 0.1) is 0 Å². The first kappa shape index (κ1) is 23.4. The number of aliphatic imine (C=N–C) groups is 1. The van der Waals surface area contributed by atoms with Gasteiger partial charge in [-0.25, -0.2) is 0 Å². The van der Waals surface area contributed by atoms with Gasteiger partial charge < -0.3 is 15.0 Å². The molecule has 2 saturated heterocycles. The third kappa shape index (κ3) is 7.85. The minimum atomic E-state index is 0. The van der Waals surface area contributed by atoms with Crippen molar-refractivity contribution in [3.05, 3.63) is 35.9 Å². The molecule has 2 aliphatic heterocycles. The first-order valence-corrected chi connectivity index (χ1v) is 10.4. The van der Waals surface area contributed by atoms with Gasteiger partial charge in [-0.15, -0.1) is 24.0 Å². The molecule has 2 aliphatic rings. The van der Waals surface area contributed by atoms with Gasteiger partial charge in [0.25, 0.3) is 0 Å². The van der Waals surface area contributed by atoms with Crippen molar-refractivity contribution >= 4 is 29.9 Å². The van der Waals surface area contributed by atoms with Gasteiger partial charge in [-0.3, -0.25) is 14.8 Å². The lowest BCUT2D eigenvalue weighted by Crippen LogP contribution is -2.52. The van der Waals surface area contributed by atoms with E-state index < -0.39 is 0 Å². The zero-order valence-electron chi connectivity index (χ0n) is 17.2. The summed E-state index contributed by atoms with van der Waals surface area (Å²) in [5.74, 6) is 1.06. The number of nitrogens with one attached hydrogen (secondary N) is 1. The van der Waals surface area contributed by atoms with Gasteiger partial charge in [0.1, 0.15) is 0 Å². The highest BCUT2D eigenvalue weighted by Crippen LogP contribution is 2.08. The van der Waals surface area contributed by atoms with Crippen molar-refractivity contribution in [3.8, 4) is 0 Å². The van der Waals surface area contributed by atoms with Crippen molar-refractivity contribution in [2.45, 2.75) is 19.4 Å². The number of nitrogens with zero attached hydrogens (tertiary/aromatic N) is 4. The van der Waals surface area contributed by atoms with Gasteiger partial charge in [0, 0.05) is 59.4 Å². The van der Waals surface area contributed by atoms with Crippen molar-refractivity contribution in [1.82, 2.24) is 20.0 Å². The van der Waals surface area contributed by atoms with Crippen molar-refractivity contribution in [2.75, 3.05) is 72.6 Å². The van der Waals surface area contributed by atoms with E-state index >= 15 is 0 Å². The van der Waals surface area contributed by atoms with Crippen LogP contribution < -0.4 is 5.32 Å². The average Bonchev–Trinajstić information content (AvgIpc) is 2.73. The SMILES string of the molecule is CN=C(NCCCCN1CCOCC1)N1CCN(Cc2ccccc2)CC1.I. The first-order chi connectivity index (χ1) is 13.3. The number of morpholine rings is 1. The largest absolute Gasteiger partial charge is 0.379 e. The molecule has 28 heavy (non-hydrogen) atoms. The van der Waals surface area contributed by atoms with E-state index in [1.807, 2.05) is 7.05 Å². The van der Waals surface area contributed by atoms with E-state index in [0.29, 0.717) is 0 Å². The second kappa shape index (κ2) is 13.3. The van der Waals surface area contributed by atoms with Crippen LogP contribution in [0.25, 0.3) is 0 Å². The maximum atomic E-state index is 5.40. The summed E-state index contributed by atoms with van der Waals surface area (Å²) in [6.45, 7) is 11.4. The quantitative estimate of drug-likeness (QED) is 0.269. The van der Waals surface area contributed by atoms with Gasteiger partial charge in [-0.2, -0.15) is 0 Å². The van der Waals surface area contributed by atoms with E-state index in [-0.39, 0.29) is 24.0 Å². The van der Waals surface area contributed by atoms with Crippen LogP contribution >= 0.6 is 24.0 Å². The van der Waals surface area contributed by atoms with Crippen LogP contribution in [0.4, 0.5) is 0 Å². The topological polar surface area (TPSA) is 43.3 Å². The molecular weight excluding hydrogens is 465 g/mol. The number of guanidine groups is 1. The lowest BCUT2D eigenvalue weighted by molar-refractivity contribution is 0.0372. The van der Waals surface area contributed by atoms with Gasteiger partial charge in [-0.05, 0) is 24.9 Å². The fourth-order valence-electron chi connectivity index (χ4n) is 3.78. The summed E-state index contributed by atoms with van der Waals surface area (Å²) in [5, 5.41) is 3.56. The third-order valence-electron chi connectivity index (χ3n) is 5.42. The molecule has 0 aromatic heterocycles. The van der Waals surface area contributed by atoms with Gasteiger partial charge >= 0.3 is 0 Å². The zero-order chi connectivity index (χ0) is 18.7. The van der Waals surface area contributed by atoms with Crippen LogP contribution in [0.3, 0.4) is 0 Å². The molecule has 1 N–H and O–H groups in total. The molecular formula is C21H36IN5O. The van der Waals surface area contributed by atoms with Crippen molar-refractivity contribution in [3.63, 3.8) is 0 Å². The number of piperazine rings is 1. The Morgan fingerprint density at radius 1 is 0.964 bits per heavy atom. The minimum absolute atomic E-state index is 0. The summed E-state index contributed by atoms with van der Waals surface area (Å²) in [7, 11) is 1.90. The lowest BCUT2D eigenvalue weighted by Gasteiger charge is -2.36. The number of halogens is 1. The summed E-state index contributed by atoms with van der Waals surface area (Å²) in [6, 6.07) is 10.7. The number of benzene rings is 1. The molecule has 7 heteroatoms. The molecule has 158 valence electrons. The van der Waals surface area contributed by atoms with Crippen molar-refractivity contribution < 1.29 is 4.74 Å². The molecule has 0 atom stereocenters.